The highest BCUT2D eigenvalue weighted by Crippen LogP contribution is 2.25. The molecule has 1 aliphatic heterocycles. The standard InChI is InChI=1S/C9H12NO/c1-10-6-8-4-2-3-5-9(8)11-7-10/h5-7H,2-4H2,1H3/q+1. The fourth-order valence-electron chi connectivity index (χ4n) is 1.45. The van der Waals surface area contributed by atoms with Gasteiger partial charge in [0.2, 0.25) is 0 Å². The molecule has 2 nitrogen and oxygen atoms in total. The van der Waals surface area contributed by atoms with E-state index in [4.69, 9.17) is 4.74 Å². The van der Waals surface area contributed by atoms with Crippen LogP contribution in [0.3, 0.4) is 0 Å². The minimum absolute atomic E-state index is 1.06. The Morgan fingerprint density at radius 1 is 1.55 bits per heavy atom. The normalized spacial score (nSPS) is 22.5. The van der Waals surface area contributed by atoms with Gasteiger partial charge in [0.25, 0.3) is 0 Å². The van der Waals surface area contributed by atoms with Crippen LogP contribution in [0, 0.1) is 0 Å². The van der Waals surface area contributed by atoms with Gasteiger partial charge in [-0.15, -0.1) is 0 Å². The lowest BCUT2D eigenvalue weighted by Gasteiger charge is -2.15. The summed E-state index contributed by atoms with van der Waals surface area (Å²) in [6.07, 6.45) is 9.61. The molecule has 11 heavy (non-hydrogen) atoms. The summed E-state index contributed by atoms with van der Waals surface area (Å²) >= 11 is 0. The van der Waals surface area contributed by atoms with Crippen LogP contribution in [0.4, 0.5) is 0 Å². The molecular weight excluding hydrogens is 138 g/mol. The van der Waals surface area contributed by atoms with Crippen LogP contribution >= 0.6 is 0 Å². The van der Waals surface area contributed by atoms with Crippen LogP contribution in [-0.2, 0) is 4.74 Å². The molecule has 0 aromatic heterocycles. The van der Waals surface area contributed by atoms with Crippen LogP contribution in [0.25, 0.3) is 0 Å². The van der Waals surface area contributed by atoms with Crippen LogP contribution in [0.1, 0.15) is 19.3 Å². The van der Waals surface area contributed by atoms with Crippen LogP contribution in [-0.4, -0.2) is 18.0 Å². The van der Waals surface area contributed by atoms with E-state index < -0.39 is 0 Å². The van der Waals surface area contributed by atoms with Crippen molar-refractivity contribution in [3.8, 4) is 0 Å². The van der Waals surface area contributed by atoms with Gasteiger partial charge in [0.1, 0.15) is 12.8 Å². The fourth-order valence-corrected chi connectivity index (χ4v) is 1.45. The van der Waals surface area contributed by atoms with Crippen LogP contribution in [0.2, 0.25) is 0 Å². The first kappa shape index (κ1) is 6.65. The lowest BCUT2D eigenvalue weighted by atomic mass is 10.0. The van der Waals surface area contributed by atoms with Crippen LogP contribution in [0.15, 0.2) is 23.6 Å². The molecule has 2 aliphatic rings. The fraction of sp³-hybridized carbons (Fsp3) is 0.444. The molecule has 0 fully saturated rings. The minimum atomic E-state index is 1.06. The molecule has 0 bridgehead atoms. The van der Waals surface area contributed by atoms with Crippen molar-refractivity contribution in [3.63, 3.8) is 0 Å². The minimum Gasteiger partial charge on any atom is -0.411 e. The quantitative estimate of drug-likeness (QED) is 0.478. The smallest absolute Gasteiger partial charge is 0.334 e. The first-order valence-electron chi connectivity index (χ1n) is 3.99. The van der Waals surface area contributed by atoms with E-state index in [0.717, 1.165) is 18.6 Å². The molecule has 0 unspecified atom stereocenters. The maximum atomic E-state index is 5.39. The van der Waals surface area contributed by atoms with E-state index in [2.05, 4.69) is 12.3 Å². The average Bonchev–Trinajstić information content (AvgIpc) is 2.04. The van der Waals surface area contributed by atoms with Crippen molar-refractivity contribution in [2.75, 3.05) is 7.05 Å². The van der Waals surface area contributed by atoms with Gasteiger partial charge in [-0.05, 0) is 25.3 Å². The van der Waals surface area contributed by atoms with Gasteiger partial charge in [0.15, 0.2) is 6.20 Å². The van der Waals surface area contributed by atoms with Crippen molar-refractivity contribution in [1.29, 1.82) is 0 Å². The summed E-state index contributed by atoms with van der Waals surface area (Å²) in [6.45, 7) is 0. The number of ether oxygens (including phenoxy) is 1. The molecule has 0 spiro atoms. The second kappa shape index (κ2) is 2.53. The highest BCUT2D eigenvalue weighted by molar-refractivity contribution is 5.48. The first-order chi connectivity index (χ1) is 5.36. The van der Waals surface area contributed by atoms with Gasteiger partial charge in [0, 0.05) is 0 Å². The van der Waals surface area contributed by atoms with E-state index in [0.29, 0.717) is 0 Å². The van der Waals surface area contributed by atoms with Crippen molar-refractivity contribution < 1.29 is 9.31 Å². The molecule has 0 aromatic rings. The summed E-state index contributed by atoms with van der Waals surface area (Å²) in [7, 11) is 1.98. The summed E-state index contributed by atoms with van der Waals surface area (Å²) in [5.74, 6) is 1.06. The van der Waals surface area contributed by atoms with Gasteiger partial charge in [-0.25, -0.2) is 0 Å². The van der Waals surface area contributed by atoms with Crippen molar-refractivity contribution in [3.05, 3.63) is 23.6 Å². The number of fused-ring (bicyclic) bond motifs is 1. The van der Waals surface area contributed by atoms with Crippen LogP contribution in [0.5, 0.6) is 0 Å². The predicted octanol–water partition coefficient (Wildman–Crippen LogP) is 1.64. The Morgan fingerprint density at radius 2 is 2.45 bits per heavy atom. The lowest BCUT2D eigenvalue weighted by molar-refractivity contribution is -0.429. The van der Waals surface area contributed by atoms with E-state index in [1.54, 1.807) is 6.40 Å². The van der Waals surface area contributed by atoms with Crippen LogP contribution < -0.4 is 0 Å². The number of hydrogen-bond donors (Lipinski definition) is 0. The van der Waals surface area contributed by atoms with Crippen molar-refractivity contribution in [2.45, 2.75) is 19.3 Å². The molecule has 2 rings (SSSR count). The summed E-state index contributed by atoms with van der Waals surface area (Å²) in [5, 5.41) is 0. The lowest BCUT2D eigenvalue weighted by Crippen LogP contribution is -2.13. The first-order valence-corrected chi connectivity index (χ1v) is 3.99. The second-order valence-corrected chi connectivity index (χ2v) is 3.00. The summed E-state index contributed by atoms with van der Waals surface area (Å²) in [6, 6.07) is 0. The van der Waals surface area contributed by atoms with E-state index in [-0.39, 0.29) is 0 Å². The topological polar surface area (TPSA) is 12.2 Å². The van der Waals surface area contributed by atoms with E-state index >= 15 is 0 Å². The number of nitrogens with zero attached hydrogens (tertiary/aromatic N) is 1. The van der Waals surface area contributed by atoms with Gasteiger partial charge in [-0.3, -0.25) is 0 Å². The highest BCUT2D eigenvalue weighted by Gasteiger charge is 2.17. The second-order valence-electron chi connectivity index (χ2n) is 3.00. The number of allylic oxidation sites excluding steroid dienone is 2. The Kier molecular flexibility index (Phi) is 1.53. The van der Waals surface area contributed by atoms with Gasteiger partial charge >= 0.3 is 6.40 Å². The molecule has 0 atom stereocenters. The highest BCUT2D eigenvalue weighted by atomic mass is 16.5. The molecule has 1 aliphatic carbocycles. The number of rotatable bonds is 0. The molecule has 1 heterocycles. The Balaban J connectivity index is 2.32. The third-order valence-electron chi connectivity index (χ3n) is 2.00. The zero-order valence-electron chi connectivity index (χ0n) is 6.71. The molecule has 0 N–H and O–H groups in total. The maximum absolute atomic E-state index is 5.39. The van der Waals surface area contributed by atoms with Crippen molar-refractivity contribution in [2.24, 2.45) is 0 Å². The Bertz CT molecular complexity index is 261. The predicted molar refractivity (Wildman–Crippen MR) is 43.4 cm³/mol. The molecule has 2 heteroatoms. The van der Waals surface area contributed by atoms with Gasteiger partial charge in [-0.2, -0.15) is 4.58 Å². The van der Waals surface area contributed by atoms with E-state index in [9.17, 15) is 0 Å². The third kappa shape index (κ3) is 1.20. The maximum Gasteiger partial charge on any atom is 0.334 e. The average molecular weight is 150 g/mol. The SMILES string of the molecule is C[N+]1=COC2=CCCCC2=C1. The number of hydrogen-bond acceptors (Lipinski definition) is 1. The van der Waals surface area contributed by atoms with Gasteiger partial charge < -0.3 is 4.74 Å². The molecule has 0 amide bonds. The molecular formula is C9H12NO+. The summed E-state index contributed by atoms with van der Waals surface area (Å²) in [5.41, 5.74) is 1.33. The summed E-state index contributed by atoms with van der Waals surface area (Å²) in [4.78, 5) is 0. The third-order valence-corrected chi connectivity index (χ3v) is 2.00. The van der Waals surface area contributed by atoms with Crippen molar-refractivity contribution >= 4 is 6.40 Å². The Labute approximate surface area is 66.5 Å². The molecule has 0 radical (unpaired) electrons. The zero-order chi connectivity index (χ0) is 7.68. The monoisotopic (exact) mass is 150 g/mol. The zero-order valence-corrected chi connectivity index (χ0v) is 6.71. The Morgan fingerprint density at radius 3 is 3.36 bits per heavy atom. The van der Waals surface area contributed by atoms with Gasteiger partial charge in [0.05, 0.1) is 5.57 Å². The largest absolute Gasteiger partial charge is 0.411 e. The van der Waals surface area contributed by atoms with E-state index in [1.807, 2.05) is 11.6 Å². The van der Waals surface area contributed by atoms with Gasteiger partial charge in [-0.1, -0.05) is 0 Å². The summed E-state index contributed by atoms with van der Waals surface area (Å²) < 4.78 is 7.34. The molecule has 58 valence electrons. The molecule has 0 aromatic carbocycles. The van der Waals surface area contributed by atoms with E-state index in [1.165, 1.54) is 12.0 Å². The molecule has 0 saturated carbocycles. The molecule has 0 saturated heterocycles. The van der Waals surface area contributed by atoms with Crippen molar-refractivity contribution in [1.82, 2.24) is 0 Å². The Hall–Kier alpha value is -1.05.